The summed E-state index contributed by atoms with van der Waals surface area (Å²) in [4.78, 5) is 1.18. The lowest BCUT2D eigenvalue weighted by Crippen LogP contribution is -2.08. The Morgan fingerprint density at radius 2 is 1.71 bits per heavy atom. The minimum Gasteiger partial charge on any atom is -0.491 e. The Morgan fingerprint density at radius 3 is 2.14 bits per heavy atom. The molecule has 1 rings (SSSR count). The van der Waals surface area contributed by atoms with Gasteiger partial charge in [-0.3, -0.25) is 0 Å². The van der Waals surface area contributed by atoms with Crippen LogP contribution in [-0.2, 0) is 0 Å². The van der Waals surface area contributed by atoms with Crippen molar-refractivity contribution in [1.82, 2.24) is 0 Å². The summed E-state index contributed by atoms with van der Waals surface area (Å²) in [6.07, 6.45) is 0.224. The maximum absolute atomic E-state index is 5.67. The molecule has 14 heavy (non-hydrogen) atoms. The zero-order chi connectivity index (χ0) is 10.6. The fraction of sp³-hybridized carbons (Fsp3) is 0.455. The average Bonchev–Trinajstić information content (AvgIpc) is 2.06. The number of hydrogen-bond donors (Lipinski definition) is 1. The van der Waals surface area contributed by atoms with E-state index in [0.29, 0.717) is 0 Å². The Balaban J connectivity index is 2.59. The van der Waals surface area contributed by atoms with Gasteiger partial charge in [-0.1, -0.05) is 0 Å². The summed E-state index contributed by atoms with van der Waals surface area (Å²) in [5, 5.41) is 0.131. The third-order valence-corrected chi connectivity index (χ3v) is 2.43. The highest BCUT2D eigenvalue weighted by molar-refractivity contribution is 7.99. The van der Waals surface area contributed by atoms with Gasteiger partial charge in [-0.15, -0.1) is 11.8 Å². The molecule has 0 fully saturated rings. The van der Waals surface area contributed by atoms with Crippen LogP contribution in [-0.4, -0.2) is 11.5 Å². The summed E-state index contributed by atoms with van der Waals surface area (Å²) in [5.41, 5.74) is 5.67. The first-order chi connectivity index (χ1) is 6.58. The fourth-order valence-electron chi connectivity index (χ4n) is 1.08. The fourth-order valence-corrected chi connectivity index (χ4v) is 1.81. The highest BCUT2D eigenvalue weighted by Crippen LogP contribution is 2.23. The highest BCUT2D eigenvalue weighted by atomic mass is 32.2. The van der Waals surface area contributed by atoms with Gasteiger partial charge in [-0.05, 0) is 45.0 Å². The number of benzene rings is 1. The van der Waals surface area contributed by atoms with Crippen LogP contribution < -0.4 is 10.5 Å². The van der Waals surface area contributed by atoms with Crippen LogP contribution in [0.4, 0.5) is 0 Å². The highest BCUT2D eigenvalue weighted by Gasteiger charge is 2.00. The van der Waals surface area contributed by atoms with E-state index in [2.05, 4.69) is 0 Å². The first kappa shape index (κ1) is 11.4. The van der Waals surface area contributed by atoms with Gasteiger partial charge in [-0.25, -0.2) is 0 Å². The van der Waals surface area contributed by atoms with Gasteiger partial charge in [-0.2, -0.15) is 0 Å². The molecule has 0 spiro atoms. The van der Waals surface area contributed by atoms with E-state index in [4.69, 9.17) is 10.5 Å². The van der Waals surface area contributed by atoms with E-state index in [1.165, 1.54) is 4.90 Å². The molecule has 0 bridgehead atoms. The average molecular weight is 211 g/mol. The summed E-state index contributed by atoms with van der Waals surface area (Å²) in [5.74, 6) is 0.911. The minimum absolute atomic E-state index is 0.131. The Morgan fingerprint density at radius 1 is 1.14 bits per heavy atom. The van der Waals surface area contributed by atoms with Crippen molar-refractivity contribution in [2.45, 2.75) is 37.1 Å². The zero-order valence-electron chi connectivity index (χ0n) is 8.86. The Labute approximate surface area is 89.8 Å². The predicted octanol–water partition coefficient (Wildman–Crippen LogP) is 2.87. The van der Waals surface area contributed by atoms with Crippen molar-refractivity contribution in [3.63, 3.8) is 0 Å². The van der Waals surface area contributed by atoms with Crippen molar-refractivity contribution in [2.75, 3.05) is 0 Å². The standard InChI is InChI=1S/C11H17NOS/c1-8(2)13-10-4-6-11(7-5-10)14-9(3)12/h4-9H,12H2,1-3H3. The normalized spacial score (nSPS) is 12.9. The van der Waals surface area contributed by atoms with Gasteiger partial charge in [0.1, 0.15) is 5.75 Å². The van der Waals surface area contributed by atoms with Gasteiger partial charge >= 0.3 is 0 Å². The molecule has 0 radical (unpaired) electrons. The van der Waals surface area contributed by atoms with Gasteiger partial charge in [0.2, 0.25) is 0 Å². The number of rotatable bonds is 4. The molecule has 0 saturated heterocycles. The molecule has 3 heteroatoms. The molecule has 0 aliphatic heterocycles. The molecule has 1 atom stereocenters. The molecule has 2 nitrogen and oxygen atoms in total. The second kappa shape index (κ2) is 5.27. The van der Waals surface area contributed by atoms with Crippen molar-refractivity contribution in [3.8, 4) is 5.75 Å². The molecule has 0 aliphatic carbocycles. The zero-order valence-corrected chi connectivity index (χ0v) is 9.67. The van der Waals surface area contributed by atoms with Gasteiger partial charge in [0.05, 0.1) is 11.5 Å². The SMILES string of the molecule is CC(C)Oc1ccc(SC(C)N)cc1. The van der Waals surface area contributed by atoms with Crippen LogP contribution >= 0.6 is 11.8 Å². The summed E-state index contributed by atoms with van der Waals surface area (Å²) < 4.78 is 5.53. The van der Waals surface area contributed by atoms with Gasteiger partial charge < -0.3 is 10.5 Å². The van der Waals surface area contributed by atoms with E-state index >= 15 is 0 Å². The lowest BCUT2D eigenvalue weighted by Gasteiger charge is -2.10. The molecular formula is C11H17NOS. The van der Waals surface area contributed by atoms with E-state index in [1.807, 2.05) is 45.0 Å². The second-order valence-electron chi connectivity index (χ2n) is 3.46. The third-order valence-electron chi connectivity index (χ3n) is 1.52. The number of thioether (sulfide) groups is 1. The van der Waals surface area contributed by atoms with Crippen LogP contribution in [0, 0.1) is 0 Å². The van der Waals surface area contributed by atoms with Crippen LogP contribution in [0.25, 0.3) is 0 Å². The van der Waals surface area contributed by atoms with Gasteiger partial charge in [0, 0.05) is 4.90 Å². The molecule has 2 N–H and O–H groups in total. The summed E-state index contributed by atoms with van der Waals surface area (Å²) in [6, 6.07) is 8.02. The quantitative estimate of drug-likeness (QED) is 0.614. The Hall–Kier alpha value is -0.670. The summed E-state index contributed by atoms with van der Waals surface area (Å²) >= 11 is 1.65. The second-order valence-corrected chi connectivity index (χ2v) is 4.91. The lowest BCUT2D eigenvalue weighted by molar-refractivity contribution is 0.242. The first-order valence-electron chi connectivity index (χ1n) is 4.77. The molecule has 0 heterocycles. The molecule has 1 unspecified atom stereocenters. The van der Waals surface area contributed by atoms with Gasteiger partial charge in [0.25, 0.3) is 0 Å². The number of hydrogen-bond acceptors (Lipinski definition) is 3. The smallest absolute Gasteiger partial charge is 0.119 e. The van der Waals surface area contributed by atoms with Crippen LogP contribution in [0.2, 0.25) is 0 Å². The van der Waals surface area contributed by atoms with Gasteiger partial charge in [0.15, 0.2) is 0 Å². The minimum atomic E-state index is 0.131. The molecule has 78 valence electrons. The lowest BCUT2D eigenvalue weighted by atomic mass is 10.3. The van der Waals surface area contributed by atoms with Crippen LogP contribution in [0.15, 0.2) is 29.2 Å². The Kier molecular flexibility index (Phi) is 4.29. The molecular weight excluding hydrogens is 194 g/mol. The van der Waals surface area contributed by atoms with Crippen molar-refractivity contribution >= 4 is 11.8 Å². The van der Waals surface area contributed by atoms with Crippen molar-refractivity contribution < 1.29 is 4.74 Å². The van der Waals surface area contributed by atoms with E-state index < -0.39 is 0 Å². The van der Waals surface area contributed by atoms with Crippen LogP contribution in [0.3, 0.4) is 0 Å². The first-order valence-corrected chi connectivity index (χ1v) is 5.65. The predicted molar refractivity (Wildman–Crippen MR) is 61.7 cm³/mol. The third kappa shape index (κ3) is 4.03. The summed E-state index contributed by atoms with van der Waals surface area (Å²) in [6.45, 7) is 6.01. The molecule has 0 saturated carbocycles. The van der Waals surface area contributed by atoms with Crippen molar-refractivity contribution in [1.29, 1.82) is 0 Å². The summed E-state index contributed by atoms with van der Waals surface area (Å²) in [7, 11) is 0. The van der Waals surface area contributed by atoms with E-state index in [0.717, 1.165) is 5.75 Å². The molecule has 1 aromatic rings. The molecule has 1 aromatic carbocycles. The van der Waals surface area contributed by atoms with E-state index in [-0.39, 0.29) is 11.5 Å². The maximum atomic E-state index is 5.67. The van der Waals surface area contributed by atoms with Crippen molar-refractivity contribution in [2.24, 2.45) is 5.73 Å². The largest absolute Gasteiger partial charge is 0.491 e. The van der Waals surface area contributed by atoms with E-state index in [1.54, 1.807) is 11.8 Å². The van der Waals surface area contributed by atoms with Crippen molar-refractivity contribution in [3.05, 3.63) is 24.3 Å². The van der Waals surface area contributed by atoms with Crippen LogP contribution in [0.5, 0.6) is 5.75 Å². The molecule has 0 amide bonds. The number of ether oxygens (including phenoxy) is 1. The maximum Gasteiger partial charge on any atom is 0.119 e. The molecule has 0 aromatic heterocycles. The number of nitrogens with two attached hydrogens (primary N) is 1. The monoisotopic (exact) mass is 211 g/mol. The topological polar surface area (TPSA) is 35.2 Å². The molecule has 0 aliphatic rings. The van der Waals surface area contributed by atoms with Crippen LogP contribution in [0.1, 0.15) is 20.8 Å². The Bertz CT molecular complexity index is 240. The van der Waals surface area contributed by atoms with E-state index in [9.17, 15) is 0 Å².